The Hall–Kier alpha value is -0.530. The lowest BCUT2D eigenvalue weighted by Gasteiger charge is -2.30. The van der Waals surface area contributed by atoms with Crippen molar-refractivity contribution in [3.8, 4) is 0 Å². The van der Waals surface area contributed by atoms with Gasteiger partial charge in [0, 0.05) is 10.6 Å². The summed E-state index contributed by atoms with van der Waals surface area (Å²) in [4.78, 5) is 0. The summed E-state index contributed by atoms with van der Waals surface area (Å²) in [5.41, 5.74) is 7.14. The standard InChI is InChI=1S/C14H22ClN/c1-4-11(5-2)10-14(3,16)12-8-6-7-9-13(12)15/h6-9,11H,4-5,10,16H2,1-3H3. The van der Waals surface area contributed by atoms with E-state index in [1.165, 1.54) is 12.8 Å². The Morgan fingerprint density at radius 2 is 1.81 bits per heavy atom. The number of benzene rings is 1. The van der Waals surface area contributed by atoms with Crippen LogP contribution in [0.4, 0.5) is 0 Å². The van der Waals surface area contributed by atoms with Crippen LogP contribution in [0.25, 0.3) is 0 Å². The van der Waals surface area contributed by atoms with E-state index >= 15 is 0 Å². The highest BCUT2D eigenvalue weighted by Crippen LogP contribution is 2.32. The van der Waals surface area contributed by atoms with E-state index in [0.717, 1.165) is 17.0 Å². The lowest BCUT2D eigenvalue weighted by atomic mass is 9.82. The van der Waals surface area contributed by atoms with E-state index in [2.05, 4.69) is 20.8 Å². The molecule has 2 heteroatoms. The molecule has 2 N–H and O–H groups in total. The van der Waals surface area contributed by atoms with Crippen LogP contribution in [0.5, 0.6) is 0 Å². The highest BCUT2D eigenvalue weighted by atomic mass is 35.5. The lowest BCUT2D eigenvalue weighted by molar-refractivity contribution is 0.329. The number of halogens is 1. The van der Waals surface area contributed by atoms with Crippen molar-refractivity contribution < 1.29 is 0 Å². The first-order chi connectivity index (χ1) is 7.51. The maximum absolute atomic E-state index is 6.41. The fourth-order valence-electron chi connectivity index (χ4n) is 2.21. The Bertz CT molecular complexity index is 329. The first kappa shape index (κ1) is 13.5. The van der Waals surface area contributed by atoms with Gasteiger partial charge in [-0.2, -0.15) is 0 Å². The summed E-state index contributed by atoms with van der Waals surface area (Å²) in [5.74, 6) is 0.672. The molecular weight excluding hydrogens is 218 g/mol. The SMILES string of the molecule is CCC(CC)CC(C)(N)c1ccccc1Cl. The van der Waals surface area contributed by atoms with Crippen LogP contribution in [0, 0.1) is 5.92 Å². The van der Waals surface area contributed by atoms with E-state index in [4.69, 9.17) is 17.3 Å². The van der Waals surface area contributed by atoms with Gasteiger partial charge in [-0.25, -0.2) is 0 Å². The van der Waals surface area contributed by atoms with E-state index in [-0.39, 0.29) is 5.54 Å². The Kier molecular flexibility index (Phi) is 4.82. The highest BCUT2D eigenvalue weighted by molar-refractivity contribution is 6.31. The predicted octanol–water partition coefficient (Wildman–Crippen LogP) is 4.34. The van der Waals surface area contributed by atoms with Crippen molar-refractivity contribution in [2.24, 2.45) is 11.7 Å². The molecule has 0 saturated heterocycles. The number of rotatable bonds is 5. The molecule has 0 aliphatic carbocycles. The normalized spacial score (nSPS) is 15.1. The average molecular weight is 240 g/mol. The zero-order chi connectivity index (χ0) is 12.2. The first-order valence-electron chi connectivity index (χ1n) is 6.05. The summed E-state index contributed by atoms with van der Waals surface area (Å²) >= 11 is 6.20. The summed E-state index contributed by atoms with van der Waals surface area (Å²) in [6.07, 6.45) is 3.34. The summed E-state index contributed by atoms with van der Waals surface area (Å²) in [6, 6.07) is 7.89. The van der Waals surface area contributed by atoms with Crippen molar-refractivity contribution in [2.75, 3.05) is 0 Å². The molecule has 0 spiro atoms. The van der Waals surface area contributed by atoms with Gasteiger partial charge in [0.15, 0.2) is 0 Å². The minimum absolute atomic E-state index is 0.324. The van der Waals surface area contributed by atoms with Crippen LogP contribution in [0.2, 0.25) is 5.02 Å². The highest BCUT2D eigenvalue weighted by Gasteiger charge is 2.26. The van der Waals surface area contributed by atoms with Crippen LogP contribution < -0.4 is 5.73 Å². The van der Waals surface area contributed by atoms with Crippen LogP contribution >= 0.6 is 11.6 Å². The molecule has 16 heavy (non-hydrogen) atoms. The van der Waals surface area contributed by atoms with E-state index in [9.17, 15) is 0 Å². The third kappa shape index (κ3) is 3.23. The molecule has 0 aromatic heterocycles. The van der Waals surface area contributed by atoms with Crippen molar-refractivity contribution in [1.29, 1.82) is 0 Å². The van der Waals surface area contributed by atoms with Gasteiger partial charge in [-0.1, -0.05) is 56.5 Å². The second kappa shape index (κ2) is 5.70. The third-order valence-corrected chi connectivity index (χ3v) is 3.69. The fraction of sp³-hybridized carbons (Fsp3) is 0.571. The second-order valence-corrected chi connectivity index (χ2v) is 5.19. The predicted molar refractivity (Wildman–Crippen MR) is 71.7 cm³/mol. The smallest absolute Gasteiger partial charge is 0.0456 e. The lowest BCUT2D eigenvalue weighted by Crippen LogP contribution is -2.35. The maximum Gasteiger partial charge on any atom is 0.0456 e. The Labute approximate surface area is 104 Å². The van der Waals surface area contributed by atoms with E-state index < -0.39 is 0 Å². The zero-order valence-corrected chi connectivity index (χ0v) is 11.2. The van der Waals surface area contributed by atoms with Crippen LogP contribution in [0.1, 0.15) is 45.6 Å². The van der Waals surface area contributed by atoms with Crippen LogP contribution in [-0.4, -0.2) is 0 Å². The number of hydrogen-bond donors (Lipinski definition) is 1. The maximum atomic E-state index is 6.41. The van der Waals surface area contributed by atoms with Crippen LogP contribution in [0.15, 0.2) is 24.3 Å². The monoisotopic (exact) mass is 239 g/mol. The van der Waals surface area contributed by atoms with Gasteiger partial charge in [-0.05, 0) is 30.9 Å². The molecule has 0 radical (unpaired) electrons. The fourth-order valence-corrected chi connectivity index (χ4v) is 2.56. The Balaban J connectivity index is 2.89. The molecule has 1 rings (SSSR count). The van der Waals surface area contributed by atoms with Crippen LogP contribution in [0.3, 0.4) is 0 Å². The van der Waals surface area contributed by atoms with Gasteiger partial charge < -0.3 is 5.73 Å². The summed E-state index contributed by atoms with van der Waals surface area (Å²) < 4.78 is 0. The van der Waals surface area contributed by atoms with Gasteiger partial charge in [0.05, 0.1) is 0 Å². The van der Waals surface area contributed by atoms with E-state index in [1.54, 1.807) is 0 Å². The molecule has 0 aliphatic heterocycles. The molecule has 0 amide bonds. The minimum Gasteiger partial charge on any atom is -0.322 e. The van der Waals surface area contributed by atoms with E-state index in [0.29, 0.717) is 5.92 Å². The van der Waals surface area contributed by atoms with Crippen molar-refractivity contribution in [2.45, 2.75) is 45.6 Å². The first-order valence-corrected chi connectivity index (χ1v) is 6.43. The van der Waals surface area contributed by atoms with Crippen molar-refractivity contribution in [1.82, 2.24) is 0 Å². The molecule has 90 valence electrons. The Morgan fingerprint density at radius 3 is 2.31 bits per heavy atom. The molecular formula is C14H22ClN. The summed E-state index contributed by atoms with van der Waals surface area (Å²) in [7, 11) is 0. The average Bonchev–Trinajstić information content (AvgIpc) is 2.26. The van der Waals surface area contributed by atoms with Gasteiger partial charge in [0.25, 0.3) is 0 Å². The molecule has 1 aromatic rings. The molecule has 0 saturated carbocycles. The van der Waals surface area contributed by atoms with E-state index in [1.807, 2.05) is 24.3 Å². The molecule has 0 aliphatic rings. The zero-order valence-electron chi connectivity index (χ0n) is 10.5. The largest absolute Gasteiger partial charge is 0.322 e. The molecule has 1 aromatic carbocycles. The Morgan fingerprint density at radius 1 is 1.25 bits per heavy atom. The van der Waals surface area contributed by atoms with Crippen molar-refractivity contribution in [3.63, 3.8) is 0 Å². The van der Waals surface area contributed by atoms with Crippen molar-refractivity contribution >= 4 is 11.6 Å². The molecule has 0 fully saturated rings. The topological polar surface area (TPSA) is 26.0 Å². The van der Waals surface area contributed by atoms with Gasteiger partial charge in [-0.3, -0.25) is 0 Å². The van der Waals surface area contributed by atoms with Gasteiger partial charge in [0.2, 0.25) is 0 Å². The molecule has 0 bridgehead atoms. The van der Waals surface area contributed by atoms with Crippen molar-refractivity contribution in [3.05, 3.63) is 34.9 Å². The quantitative estimate of drug-likeness (QED) is 0.813. The summed E-state index contributed by atoms with van der Waals surface area (Å²) in [5, 5.41) is 0.776. The molecule has 1 unspecified atom stereocenters. The third-order valence-electron chi connectivity index (χ3n) is 3.36. The summed E-state index contributed by atoms with van der Waals surface area (Å²) in [6.45, 7) is 6.51. The van der Waals surface area contributed by atoms with Gasteiger partial charge >= 0.3 is 0 Å². The van der Waals surface area contributed by atoms with Gasteiger partial charge in [-0.15, -0.1) is 0 Å². The minimum atomic E-state index is -0.324. The number of hydrogen-bond acceptors (Lipinski definition) is 1. The molecule has 1 atom stereocenters. The second-order valence-electron chi connectivity index (χ2n) is 4.78. The van der Waals surface area contributed by atoms with Crippen LogP contribution in [-0.2, 0) is 5.54 Å². The molecule has 0 heterocycles. The van der Waals surface area contributed by atoms with Gasteiger partial charge in [0.1, 0.15) is 0 Å². The number of nitrogens with two attached hydrogens (primary N) is 1. The molecule has 1 nitrogen and oxygen atoms in total.